The van der Waals surface area contributed by atoms with Crippen LogP contribution in [0.25, 0.3) is 11.0 Å². The molecule has 1 aromatic carbocycles. The fourth-order valence-corrected chi connectivity index (χ4v) is 2.47. The van der Waals surface area contributed by atoms with E-state index in [-0.39, 0.29) is 23.7 Å². The molecule has 0 bridgehead atoms. The van der Waals surface area contributed by atoms with Gasteiger partial charge in [0.15, 0.2) is 5.76 Å². The van der Waals surface area contributed by atoms with Gasteiger partial charge in [-0.2, -0.15) is 0 Å². The van der Waals surface area contributed by atoms with E-state index in [0.717, 1.165) is 29.7 Å². The lowest BCUT2D eigenvalue weighted by atomic mass is 10.1. The number of ether oxygens (including phenoxy) is 1. The number of benzene rings is 1. The van der Waals surface area contributed by atoms with Crippen molar-refractivity contribution >= 4 is 40.2 Å². The van der Waals surface area contributed by atoms with E-state index in [4.69, 9.17) is 20.8 Å². The van der Waals surface area contributed by atoms with Gasteiger partial charge in [-0.3, -0.25) is 4.79 Å². The second-order valence-corrected chi connectivity index (χ2v) is 6.68. The largest absolute Gasteiger partial charge is 0.493 e. The van der Waals surface area contributed by atoms with Gasteiger partial charge in [-0.15, -0.1) is 12.4 Å². The van der Waals surface area contributed by atoms with Gasteiger partial charge in [0.2, 0.25) is 0 Å². The summed E-state index contributed by atoms with van der Waals surface area (Å²) in [5.74, 6) is 0.904. The third-order valence-electron chi connectivity index (χ3n) is 3.33. The fraction of sp³-hybridized carbons (Fsp3) is 0.471. The molecule has 0 spiro atoms. The van der Waals surface area contributed by atoms with Crippen LogP contribution in [0.4, 0.5) is 0 Å². The zero-order chi connectivity index (χ0) is 16.3. The van der Waals surface area contributed by atoms with Crippen LogP contribution < -0.4 is 10.1 Å². The van der Waals surface area contributed by atoms with Crippen LogP contribution in [-0.2, 0) is 0 Å². The Hall–Kier alpha value is -1.23. The Balaban J connectivity index is 0.00000264. The number of aryl methyl sites for hydroxylation is 1. The first kappa shape index (κ1) is 19.8. The molecule has 0 radical (unpaired) electrons. The Kier molecular flexibility index (Phi) is 6.93. The Labute approximate surface area is 147 Å². The lowest BCUT2D eigenvalue weighted by Gasteiger charge is -2.20. The van der Waals surface area contributed by atoms with Gasteiger partial charge >= 0.3 is 0 Å². The molecule has 0 aliphatic heterocycles. The molecule has 4 nitrogen and oxygen atoms in total. The zero-order valence-corrected chi connectivity index (χ0v) is 15.4. The zero-order valence-electron chi connectivity index (χ0n) is 13.9. The highest BCUT2D eigenvalue weighted by molar-refractivity contribution is 6.67. The summed E-state index contributed by atoms with van der Waals surface area (Å²) >= 11 is 5.54. The quantitative estimate of drug-likeness (QED) is 0.599. The third kappa shape index (κ3) is 5.13. The molecular weight excluding hydrogens is 337 g/mol. The maximum absolute atomic E-state index is 11.4. The summed E-state index contributed by atoms with van der Waals surface area (Å²) in [6.07, 6.45) is 0.895. The third-order valence-corrected chi connectivity index (χ3v) is 3.50. The molecule has 0 saturated carbocycles. The lowest BCUT2D eigenvalue weighted by molar-refractivity contribution is 0.105. The standard InChI is InChI=1S/C17H22ClNO3.ClH/c1-11-14-12(21-10-6-9-19-17(2,3)4)7-5-8-13(14)22-15(11)16(18)20;/h5,7-8,19H,6,9-10H2,1-4H3;1H. The molecule has 0 aliphatic carbocycles. The predicted molar refractivity (Wildman–Crippen MR) is 96.3 cm³/mol. The average Bonchev–Trinajstić information content (AvgIpc) is 2.75. The second-order valence-electron chi connectivity index (χ2n) is 6.34. The second kappa shape index (κ2) is 8.04. The van der Waals surface area contributed by atoms with Crippen molar-refractivity contribution in [2.45, 2.75) is 39.7 Å². The number of furan rings is 1. The molecule has 1 heterocycles. The average molecular weight is 360 g/mol. The highest BCUT2D eigenvalue weighted by Crippen LogP contribution is 2.33. The van der Waals surface area contributed by atoms with Gasteiger partial charge in [0.25, 0.3) is 5.24 Å². The maximum atomic E-state index is 11.4. The van der Waals surface area contributed by atoms with Crippen LogP contribution in [0.1, 0.15) is 43.3 Å². The van der Waals surface area contributed by atoms with E-state index >= 15 is 0 Å². The van der Waals surface area contributed by atoms with Crippen LogP contribution in [0.15, 0.2) is 22.6 Å². The first-order valence-electron chi connectivity index (χ1n) is 7.39. The van der Waals surface area contributed by atoms with E-state index in [0.29, 0.717) is 12.2 Å². The van der Waals surface area contributed by atoms with Gasteiger partial charge in [0.1, 0.15) is 11.3 Å². The minimum atomic E-state index is -0.589. The summed E-state index contributed by atoms with van der Waals surface area (Å²) in [7, 11) is 0. The first-order valence-corrected chi connectivity index (χ1v) is 7.77. The molecule has 0 saturated heterocycles. The van der Waals surface area contributed by atoms with Crippen molar-refractivity contribution in [3.8, 4) is 5.75 Å². The number of carbonyl (C=O) groups excluding carboxylic acids is 1. The molecule has 0 unspecified atom stereocenters. The van der Waals surface area contributed by atoms with Crippen LogP contribution in [-0.4, -0.2) is 23.9 Å². The fourth-order valence-electron chi connectivity index (χ4n) is 2.29. The van der Waals surface area contributed by atoms with E-state index in [1.165, 1.54) is 0 Å². The SMILES string of the molecule is Cc1c(C(=O)Cl)oc2cccc(OCCCNC(C)(C)C)c12.Cl. The molecule has 2 aromatic rings. The number of carbonyl (C=O) groups is 1. The van der Waals surface area contributed by atoms with Gasteiger partial charge in [-0.1, -0.05) is 6.07 Å². The molecule has 0 fully saturated rings. The van der Waals surface area contributed by atoms with E-state index < -0.39 is 5.24 Å². The van der Waals surface area contributed by atoms with Gasteiger partial charge in [0, 0.05) is 11.1 Å². The number of hydrogen-bond acceptors (Lipinski definition) is 4. The minimum Gasteiger partial charge on any atom is -0.493 e. The summed E-state index contributed by atoms with van der Waals surface area (Å²) in [6.45, 7) is 9.69. The van der Waals surface area contributed by atoms with Crippen molar-refractivity contribution in [1.82, 2.24) is 5.32 Å². The predicted octanol–water partition coefficient (Wildman–Crippen LogP) is 4.70. The van der Waals surface area contributed by atoms with E-state index in [1.54, 1.807) is 6.07 Å². The molecular formula is C17H23Cl2NO3. The molecule has 1 N–H and O–H groups in total. The molecule has 0 aliphatic rings. The van der Waals surface area contributed by atoms with E-state index in [1.807, 2.05) is 19.1 Å². The van der Waals surface area contributed by atoms with E-state index in [2.05, 4.69) is 26.1 Å². The van der Waals surface area contributed by atoms with Crippen LogP contribution in [0.3, 0.4) is 0 Å². The van der Waals surface area contributed by atoms with Crippen molar-refractivity contribution in [3.05, 3.63) is 29.5 Å². The Bertz CT molecular complexity index is 674. The molecule has 1 aromatic heterocycles. The monoisotopic (exact) mass is 359 g/mol. The molecule has 23 heavy (non-hydrogen) atoms. The highest BCUT2D eigenvalue weighted by Gasteiger charge is 2.18. The summed E-state index contributed by atoms with van der Waals surface area (Å²) < 4.78 is 11.4. The van der Waals surface area contributed by atoms with E-state index in [9.17, 15) is 4.79 Å². The summed E-state index contributed by atoms with van der Waals surface area (Å²) in [5, 5.41) is 3.64. The number of rotatable bonds is 6. The number of fused-ring (bicyclic) bond motifs is 1. The minimum absolute atomic E-state index is 0. The van der Waals surface area contributed by atoms with Gasteiger partial charge in [-0.25, -0.2) is 0 Å². The van der Waals surface area contributed by atoms with Crippen molar-refractivity contribution in [2.75, 3.05) is 13.2 Å². The molecule has 2 rings (SSSR count). The van der Waals surface area contributed by atoms with Crippen molar-refractivity contribution in [1.29, 1.82) is 0 Å². The molecule has 0 amide bonds. The van der Waals surface area contributed by atoms with Gasteiger partial charge in [-0.05, 0) is 64.4 Å². The molecule has 128 valence electrons. The lowest BCUT2D eigenvalue weighted by Crippen LogP contribution is -2.36. The summed E-state index contributed by atoms with van der Waals surface area (Å²) in [5.41, 5.74) is 1.45. The Morgan fingerprint density at radius 2 is 2.04 bits per heavy atom. The normalized spacial score (nSPS) is 11.3. The summed E-state index contributed by atoms with van der Waals surface area (Å²) in [6, 6.07) is 5.53. The number of hydrogen-bond donors (Lipinski definition) is 1. The van der Waals surface area contributed by atoms with Crippen molar-refractivity contribution < 1.29 is 13.9 Å². The van der Waals surface area contributed by atoms with Gasteiger partial charge < -0.3 is 14.5 Å². The van der Waals surface area contributed by atoms with Crippen LogP contribution in [0.2, 0.25) is 0 Å². The summed E-state index contributed by atoms with van der Waals surface area (Å²) in [4.78, 5) is 11.4. The highest BCUT2D eigenvalue weighted by atomic mass is 35.5. The maximum Gasteiger partial charge on any atom is 0.288 e. The topological polar surface area (TPSA) is 51.5 Å². The molecule has 6 heteroatoms. The smallest absolute Gasteiger partial charge is 0.288 e. The Morgan fingerprint density at radius 1 is 1.35 bits per heavy atom. The first-order chi connectivity index (χ1) is 10.3. The van der Waals surface area contributed by atoms with Gasteiger partial charge in [0.05, 0.1) is 12.0 Å². The van der Waals surface area contributed by atoms with Crippen LogP contribution in [0, 0.1) is 6.92 Å². The number of halogens is 2. The molecule has 0 atom stereocenters. The van der Waals surface area contributed by atoms with Crippen molar-refractivity contribution in [2.24, 2.45) is 0 Å². The van der Waals surface area contributed by atoms with Crippen LogP contribution >= 0.6 is 24.0 Å². The van der Waals surface area contributed by atoms with Crippen molar-refractivity contribution in [3.63, 3.8) is 0 Å². The number of nitrogens with one attached hydrogen (secondary N) is 1. The van der Waals surface area contributed by atoms with Crippen LogP contribution in [0.5, 0.6) is 5.75 Å². The Morgan fingerprint density at radius 3 is 2.65 bits per heavy atom.